The molecule has 0 aliphatic heterocycles. The van der Waals surface area contributed by atoms with Crippen LogP contribution < -0.4 is 4.90 Å². The average Bonchev–Trinajstić information content (AvgIpc) is 3.14. The minimum Gasteiger partial charge on any atom is -0.313 e. The van der Waals surface area contributed by atoms with Crippen molar-refractivity contribution in [3.8, 4) is 33.4 Å². The normalized spacial score (nSPS) is 13.3. The van der Waals surface area contributed by atoms with Gasteiger partial charge >= 0.3 is 0 Å². The van der Waals surface area contributed by atoms with Crippen LogP contribution in [0.1, 0.15) is 6.42 Å². The van der Waals surface area contributed by atoms with Crippen LogP contribution in [0.15, 0.2) is 152 Å². The number of rotatable bonds is 4. The third-order valence-corrected chi connectivity index (χ3v) is 8.13. The smallest absolute Gasteiger partial charge is 0.0552 e. The van der Waals surface area contributed by atoms with Crippen molar-refractivity contribution in [1.82, 2.24) is 4.98 Å². The molecule has 0 spiro atoms. The first-order chi connectivity index (χ1) is 19.9. The number of anilines is 2. The molecule has 2 heteroatoms. The second-order valence-corrected chi connectivity index (χ2v) is 10.4. The predicted octanol–water partition coefficient (Wildman–Crippen LogP) is 10.2. The van der Waals surface area contributed by atoms with Gasteiger partial charge in [-0.3, -0.25) is 4.98 Å². The fraction of sp³-hybridized carbons (Fsp3) is 0.0263. The Balaban J connectivity index is 1.33. The lowest BCUT2D eigenvalue weighted by Crippen LogP contribution is -2.16. The molecule has 6 aromatic rings. The summed E-state index contributed by atoms with van der Waals surface area (Å²) in [6, 6.07) is 37.6. The van der Waals surface area contributed by atoms with Crippen LogP contribution >= 0.6 is 0 Å². The van der Waals surface area contributed by atoms with Gasteiger partial charge in [-0.15, -0.1) is 0 Å². The molecule has 0 saturated heterocycles. The predicted molar refractivity (Wildman–Crippen MR) is 169 cm³/mol. The number of fused-ring (bicyclic) bond motifs is 4. The van der Waals surface area contributed by atoms with Gasteiger partial charge in [-0.1, -0.05) is 103 Å². The second kappa shape index (κ2) is 9.21. The molecular weight excluding hydrogens is 484 g/mol. The molecule has 8 rings (SSSR count). The van der Waals surface area contributed by atoms with Crippen molar-refractivity contribution >= 4 is 32.9 Å². The van der Waals surface area contributed by atoms with E-state index < -0.39 is 0 Å². The van der Waals surface area contributed by atoms with E-state index in [9.17, 15) is 0 Å². The molecule has 0 bridgehead atoms. The van der Waals surface area contributed by atoms with Crippen molar-refractivity contribution in [2.24, 2.45) is 0 Å². The summed E-state index contributed by atoms with van der Waals surface area (Å²) in [7, 11) is 0. The van der Waals surface area contributed by atoms with E-state index in [1.807, 2.05) is 12.4 Å². The fourth-order valence-corrected chi connectivity index (χ4v) is 6.36. The first kappa shape index (κ1) is 22.7. The van der Waals surface area contributed by atoms with Crippen LogP contribution in [0.3, 0.4) is 0 Å². The lowest BCUT2D eigenvalue weighted by atomic mass is 9.94. The Morgan fingerprint density at radius 3 is 2.33 bits per heavy atom. The van der Waals surface area contributed by atoms with Gasteiger partial charge < -0.3 is 4.90 Å². The van der Waals surface area contributed by atoms with E-state index in [1.165, 1.54) is 55.2 Å². The summed E-state index contributed by atoms with van der Waals surface area (Å²) in [4.78, 5) is 6.87. The Bertz CT molecular complexity index is 2010. The summed E-state index contributed by atoms with van der Waals surface area (Å²) < 4.78 is 0. The molecule has 1 aromatic heterocycles. The van der Waals surface area contributed by atoms with Gasteiger partial charge in [0.1, 0.15) is 0 Å². The van der Waals surface area contributed by atoms with Gasteiger partial charge in [0.05, 0.1) is 5.69 Å². The quantitative estimate of drug-likeness (QED) is 0.234. The highest BCUT2D eigenvalue weighted by atomic mass is 15.1. The summed E-state index contributed by atoms with van der Waals surface area (Å²) >= 11 is 0. The molecule has 0 atom stereocenters. The van der Waals surface area contributed by atoms with Gasteiger partial charge in [-0.2, -0.15) is 0 Å². The average molecular weight is 511 g/mol. The molecule has 0 radical (unpaired) electrons. The number of hydrogen-bond acceptors (Lipinski definition) is 2. The minimum absolute atomic E-state index is 0.840. The summed E-state index contributed by atoms with van der Waals surface area (Å²) in [5.41, 5.74) is 11.3. The fourth-order valence-electron chi connectivity index (χ4n) is 6.36. The zero-order valence-corrected chi connectivity index (χ0v) is 22.0. The summed E-state index contributed by atoms with van der Waals surface area (Å²) in [5.74, 6) is 0. The summed E-state index contributed by atoms with van der Waals surface area (Å²) in [6.45, 7) is 0. The number of aromatic nitrogens is 1. The van der Waals surface area contributed by atoms with E-state index in [0.29, 0.717) is 0 Å². The second-order valence-electron chi connectivity index (χ2n) is 10.4. The maximum absolute atomic E-state index is 4.48. The zero-order chi connectivity index (χ0) is 26.5. The molecule has 0 fully saturated rings. The van der Waals surface area contributed by atoms with E-state index in [4.69, 9.17) is 0 Å². The summed E-state index contributed by atoms with van der Waals surface area (Å²) in [5, 5.41) is 4.96. The Hall–Kier alpha value is -5.21. The number of benzene rings is 5. The first-order valence-electron chi connectivity index (χ1n) is 13.8. The maximum atomic E-state index is 4.48. The zero-order valence-electron chi connectivity index (χ0n) is 22.0. The molecular formula is C38H26N2. The highest BCUT2D eigenvalue weighted by Gasteiger charge is 2.23. The van der Waals surface area contributed by atoms with Crippen LogP contribution in [0, 0.1) is 0 Å². The Labute approximate surface area is 233 Å². The largest absolute Gasteiger partial charge is 0.313 e. The lowest BCUT2D eigenvalue weighted by molar-refractivity contribution is 1.09. The van der Waals surface area contributed by atoms with Crippen LogP contribution in [0.4, 0.5) is 11.4 Å². The topological polar surface area (TPSA) is 16.1 Å². The van der Waals surface area contributed by atoms with Gasteiger partial charge in [0.25, 0.3) is 0 Å². The monoisotopic (exact) mass is 510 g/mol. The molecule has 2 aliphatic rings. The van der Waals surface area contributed by atoms with E-state index in [0.717, 1.165) is 23.2 Å². The van der Waals surface area contributed by atoms with Crippen molar-refractivity contribution < 1.29 is 0 Å². The number of pyridine rings is 1. The number of hydrogen-bond donors (Lipinski definition) is 0. The summed E-state index contributed by atoms with van der Waals surface area (Å²) in [6.07, 6.45) is 15.5. The SMILES string of the molecule is C1=CC=C(N(c2cccc(-c3ccc4c5c(cccc35)-c3ccccc3-4)c2)c2cccc3ccncc23)CC=C1. The van der Waals surface area contributed by atoms with E-state index in [-0.39, 0.29) is 0 Å². The Morgan fingerprint density at radius 1 is 0.600 bits per heavy atom. The third-order valence-electron chi connectivity index (χ3n) is 8.13. The van der Waals surface area contributed by atoms with Crippen LogP contribution in [0.5, 0.6) is 0 Å². The molecule has 0 N–H and O–H groups in total. The molecule has 188 valence electrons. The van der Waals surface area contributed by atoms with Gasteiger partial charge in [-0.05, 0) is 79.9 Å². The highest BCUT2D eigenvalue weighted by Crippen LogP contribution is 2.49. The van der Waals surface area contributed by atoms with Crippen LogP contribution in [-0.4, -0.2) is 4.98 Å². The third kappa shape index (κ3) is 3.54. The minimum atomic E-state index is 0.840. The van der Waals surface area contributed by atoms with Crippen LogP contribution in [0.25, 0.3) is 54.9 Å². The van der Waals surface area contributed by atoms with Crippen molar-refractivity contribution in [2.75, 3.05) is 4.90 Å². The van der Waals surface area contributed by atoms with Crippen molar-refractivity contribution in [3.63, 3.8) is 0 Å². The lowest BCUT2D eigenvalue weighted by Gasteiger charge is -2.29. The van der Waals surface area contributed by atoms with Crippen LogP contribution in [-0.2, 0) is 0 Å². The van der Waals surface area contributed by atoms with Crippen molar-refractivity contribution in [1.29, 1.82) is 0 Å². The molecule has 0 saturated carbocycles. The molecule has 2 nitrogen and oxygen atoms in total. The van der Waals surface area contributed by atoms with Gasteiger partial charge in [0.15, 0.2) is 0 Å². The van der Waals surface area contributed by atoms with E-state index in [2.05, 4.69) is 143 Å². The maximum Gasteiger partial charge on any atom is 0.0552 e. The van der Waals surface area contributed by atoms with Gasteiger partial charge in [0.2, 0.25) is 0 Å². The highest BCUT2D eigenvalue weighted by molar-refractivity contribution is 6.18. The number of nitrogens with zero attached hydrogens (tertiary/aromatic N) is 2. The molecule has 40 heavy (non-hydrogen) atoms. The van der Waals surface area contributed by atoms with Gasteiger partial charge in [0, 0.05) is 35.6 Å². The molecule has 0 amide bonds. The molecule has 5 aromatic carbocycles. The van der Waals surface area contributed by atoms with E-state index >= 15 is 0 Å². The first-order valence-corrected chi connectivity index (χ1v) is 13.8. The molecule has 0 unspecified atom stereocenters. The van der Waals surface area contributed by atoms with E-state index in [1.54, 1.807) is 0 Å². The van der Waals surface area contributed by atoms with Gasteiger partial charge in [-0.25, -0.2) is 0 Å². The molecule has 1 heterocycles. The van der Waals surface area contributed by atoms with Crippen LogP contribution in [0.2, 0.25) is 0 Å². The number of allylic oxidation sites excluding steroid dienone is 5. The molecule has 2 aliphatic carbocycles. The Morgan fingerprint density at radius 2 is 1.40 bits per heavy atom. The van der Waals surface area contributed by atoms with Crippen molar-refractivity contribution in [2.45, 2.75) is 6.42 Å². The van der Waals surface area contributed by atoms with Crippen molar-refractivity contribution in [3.05, 3.63) is 152 Å². The standard InChI is InChI=1S/C38H26N2/c1-2-4-13-28(12-3-1)40(37-19-8-10-26-22-23-39-25-36(26)37)29-14-7-11-27(24-29)30-20-21-35-32-16-6-5-15-31(32)34-18-9-17-33(30)38(34)35/h1-12,14-25H,13H2. The Kier molecular flexibility index (Phi) is 5.24.